The summed E-state index contributed by atoms with van der Waals surface area (Å²) in [7, 11) is 0. The first kappa shape index (κ1) is 19.9. The third kappa shape index (κ3) is 4.27. The minimum absolute atomic E-state index is 0.227. The van der Waals surface area contributed by atoms with Gasteiger partial charge in [-0.1, -0.05) is 12.1 Å². The van der Waals surface area contributed by atoms with Gasteiger partial charge in [-0.25, -0.2) is 14.6 Å². The molecule has 1 amide bonds. The highest BCUT2D eigenvalue weighted by Crippen LogP contribution is 2.35. The maximum atomic E-state index is 13.2. The lowest BCUT2D eigenvalue weighted by molar-refractivity contribution is -0.137. The van der Waals surface area contributed by atoms with E-state index in [4.69, 9.17) is 0 Å². The zero-order valence-electron chi connectivity index (χ0n) is 15.9. The summed E-state index contributed by atoms with van der Waals surface area (Å²) in [5.41, 5.74) is -1.08. The van der Waals surface area contributed by atoms with Gasteiger partial charge in [-0.15, -0.1) is 0 Å². The zero-order chi connectivity index (χ0) is 21.1. The molecule has 1 aliphatic heterocycles. The number of hydrogen-bond acceptors (Lipinski definition) is 5. The molecule has 0 unspecified atom stereocenters. The normalized spacial score (nSPS) is 17.0. The standard InChI is InChI=1S/C20H19F3N6O/c21-20(22,23)15-6-1-2-7-16(15)27-19(30)14-5-3-9-28(12-14)17-11-18(25-13-24-17)29-10-4-8-26-29/h1-2,4,6-8,10-11,13-14H,3,5,9,12H2,(H,27,30)/t14-/m1/s1. The lowest BCUT2D eigenvalue weighted by atomic mass is 9.96. The van der Waals surface area contributed by atoms with Gasteiger partial charge < -0.3 is 10.2 Å². The summed E-state index contributed by atoms with van der Waals surface area (Å²) in [6.07, 6.45) is 1.61. The molecule has 0 bridgehead atoms. The molecular weight excluding hydrogens is 397 g/mol. The number of halogens is 3. The highest BCUT2D eigenvalue weighted by atomic mass is 19.4. The Morgan fingerprint density at radius 2 is 1.93 bits per heavy atom. The van der Waals surface area contributed by atoms with E-state index in [1.165, 1.54) is 24.5 Å². The molecule has 3 heterocycles. The van der Waals surface area contributed by atoms with Gasteiger partial charge in [-0.05, 0) is 31.0 Å². The minimum Gasteiger partial charge on any atom is -0.356 e. The Balaban J connectivity index is 1.49. The van der Waals surface area contributed by atoms with Crippen molar-refractivity contribution in [2.45, 2.75) is 19.0 Å². The van der Waals surface area contributed by atoms with Crippen LogP contribution in [0.15, 0.2) is 55.1 Å². The number of rotatable bonds is 4. The van der Waals surface area contributed by atoms with Crippen LogP contribution < -0.4 is 10.2 Å². The topological polar surface area (TPSA) is 75.9 Å². The maximum Gasteiger partial charge on any atom is 0.418 e. The molecule has 4 rings (SSSR count). The lowest BCUT2D eigenvalue weighted by Crippen LogP contribution is -2.41. The summed E-state index contributed by atoms with van der Waals surface area (Å²) < 4.78 is 41.2. The summed E-state index contributed by atoms with van der Waals surface area (Å²) in [6.45, 7) is 1.05. The van der Waals surface area contributed by atoms with Crippen LogP contribution in [0.4, 0.5) is 24.7 Å². The molecule has 3 aromatic rings. The molecule has 1 N–H and O–H groups in total. The van der Waals surface area contributed by atoms with Gasteiger partial charge in [-0.2, -0.15) is 18.3 Å². The number of amides is 1. The predicted octanol–water partition coefficient (Wildman–Crippen LogP) is 3.54. The average molecular weight is 416 g/mol. The second-order valence-corrected chi connectivity index (χ2v) is 7.00. The molecule has 1 aliphatic rings. The molecule has 7 nitrogen and oxygen atoms in total. The Labute approximate surface area is 170 Å². The molecule has 10 heteroatoms. The van der Waals surface area contributed by atoms with Gasteiger partial charge in [-0.3, -0.25) is 4.79 Å². The van der Waals surface area contributed by atoms with Crippen molar-refractivity contribution in [3.63, 3.8) is 0 Å². The second-order valence-electron chi connectivity index (χ2n) is 7.00. The fraction of sp³-hybridized carbons (Fsp3) is 0.300. The first-order chi connectivity index (χ1) is 14.4. The highest BCUT2D eigenvalue weighted by Gasteiger charge is 2.34. The minimum atomic E-state index is -4.54. The molecule has 0 radical (unpaired) electrons. The molecule has 0 aliphatic carbocycles. The van der Waals surface area contributed by atoms with Gasteiger partial charge >= 0.3 is 6.18 Å². The number of alkyl halides is 3. The van der Waals surface area contributed by atoms with Crippen LogP contribution >= 0.6 is 0 Å². The van der Waals surface area contributed by atoms with Gasteiger partial charge in [0.2, 0.25) is 5.91 Å². The SMILES string of the molecule is O=C(Nc1ccccc1C(F)(F)F)[C@@H]1CCCN(c2cc(-n3cccn3)ncn2)C1. The number of benzene rings is 1. The summed E-state index contributed by atoms with van der Waals surface area (Å²) in [5, 5.41) is 6.60. The van der Waals surface area contributed by atoms with Crippen molar-refractivity contribution in [3.05, 3.63) is 60.7 Å². The molecule has 1 saturated heterocycles. The van der Waals surface area contributed by atoms with Crippen LogP contribution in [0.25, 0.3) is 5.82 Å². The molecule has 2 aromatic heterocycles. The monoisotopic (exact) mass is 416 g/mol. The van der Waals surface area contributed by atoms with E-state index in [1.807, 2.05) is 4.90 Å². The summed E-state index contributed by atoms with van der Waals surface area (Å²) in [6, 6.07) is 8.54. The number of carbonyl (C=O) groups excluding carboxylic acids is 1. The zero-order valence-corrected chi connectivity index (χ0v) is 15.9. The quantitative estimate of drug-likeness (QED) is 0.704. The van der Waals surface area contributed by atoms with E-state index in [-0.39, 0.29) is 5.69 Å². The van der Waals surface area contributed by atoms with Crippen LogP contribution in [0.2, 0.25) is 0 Å². The van der Waals surface area contributed by atoms with E-state index in [0.717, 1.165) is 12.5 Å². The van der Waals surface area contributed by atoms with Gasteiger partial charge in [0.1, 0.15) is 12.1 Å². The summed E-state index contributed by atoms with van der Waals surface area (Å²) in [5.74, 6) is 0.347. The first-order valence-corrected chi connectivity index (χ1v) is 9.46. The Bertz CT molecular complexity index is 1020. The molecule has 1 atom stereocenters. The number of carbonyl (C=O) groups is 1. The highest BCUT2D eigenvalue weighted by molar-refractivity contribution is 5.93. The van der Waals surface area contributed by atoms with Crippen molar-refractivity contribution in [1.29, 1.82) is 0 Å². The smallest absolute Gasteiger partial charge is 0.356 e. The van der Waals surface area contributed by atoms with Gasteiger partial charge in [0, 0.05) is 31.5 Å². The van der Waals surface area contributed by atoms with Gasteiger partial charge in [0.05, 0.1) is 17.2 Å². The van der Waals surface area contributed by atoms with Crippen molar-refractivity contribution in [1.82, 2.24) is 19.7 Å². The lowest BCUT2D eigenvalue weighted by Gasteiger charge is -2.33. The Kier molecular flexibility index (Phi) is 5.39. The van der Waals surface area contributed by atoms with Crippen LogP contribution in [-0.4, -0.2) is 38.7 Å². The number of hydrogen-bond donors (Lipinski definition) is 1. The van der Waals surface area contributed by atoms with Crippen molar-refractivity contribution < 1.29 is 18.0 Å². The largest absolute Gasteiger partial charge is 0.418 e. The Morgan fingerprint density at radius 1 is 1.13 bits per heavy atom. The van der Waals surface area contributed by atoms with Gasteiger partial charge in [0.15, 0.2) is 5.82 Å². The van der Waals surface area contributed by atoms with Crippen molar-refractivity contribution in [2.24, 2.45) is 5.92 Å². The van der Waals surface area contributed by atoms with E-state index in [1.54, 1.807) is 29.2 Å². The van der Waals surface area contributed by atoms with E-state index in [2.05, 4.69) is 20.4 Å². The number of nitrogens with one attached hydrogen (secondary N) is 1. The van der Waals surface area contributed by atoms with E-state index >= 15 is 0 Å². The van der Waals surface area contributed by atoms with Crippen LogP contribution in [-0.2, 0) is 11.0 Å². The van der Waals surface area contributed by atoms with Crippen LogP contribution in [0.3, 0.4) is 0 Å². The molecule has 1 fully saturated rings. The van der Waals surface area contributed by atoms with Crippen LogP contribution in [0, 0.1) is 5.92 Å². The van der Waals surface area contributed by atoms with Crippen molar-refractivity contribution >= 4 is 17.4 Å². The van der Waals surface area contributed by atoms with Crippen molar-refractivity contribution in [3.8, 4) is 5.82 Å². The molecule has 0 saturated carbocycles. The van der Waals surface area contributed by atoms with E-state index in [0.29, 0.717) is 31.1 Å². The first-order valence-electron chi connectivity index (χ1n) is 9.46. The van der Waals surface area contributed by atoms with Crippen molar-refractivity contribution in [2.75, 3.05) is 23.3 Å². The Morgan fingerprint density at radius 3 is 2.70 bits per heavy atom. The van der Waals surface area contributed by atoms with Crippen LogP contribution in [0.1, 0.15) is 18.4 Å². The van der Waals surface area contributed by atoms with Gasteiger partial charge in [0.25, 0.3) is 0 Å². The average Bonchev–Trinajstić information content (AvgIpc) is 3.29. The molecule has 0 spiro atoms. The molecular formula is C20H19F3N6O. The summed E-state index contributed by atoms with van der Waals surface area (Å²) in [4.78, 5) is 23.2. The maximum absolute atomic E-state index is 13.2. The third-order valence-corrected chi connectivity index (χ3v) is 4.98. The second kappa shape index (κ2) is 8.13. The van der Waals surface area contributed by atoms with Crippen LogP contribution in [0.5, 0.6) is 0 Å². The fourth-order valence-corrected chi connectivity index (χ4v) is 3.51. The number of nitrogens with zero attached hydrogens (tertiary/aromatic N) is 5. The number of piperidine rings is 1. The molecule has 156 valence electrons. The number of para-hydroxylation sites is 1. The van der Waals surface area contributed by atoms with E-state index < -0.39 is 23.6 Å². The fourth-order valence-electron chi connectivity index (χ4n) is 3.51. The summed E-state index contributed by atoms with van der Waals surface area (Å²) >= 11 is 0. The number of aromatic nitrogens is 4. The Hall–Kier alpha value is -3.43. The number of anilines is 2. The van der Waals surface area contributed by atoms with E-state index in [9.17, 15) is 18.0 Å². The predicted molar refractivity (Wildman–Crippen MR) is 104 cm³/mol. The molecule has 1 aromatic carbocycles. The molecule has 30 heavy (non-hydrogen) atoms. The third-order valence-electron chi connectivity index (χ3n) is 4.98.